The summed E-state index contributed by atoms with van der Waals surface area (Å²) in [5.41, 5.74) is 3.13. The van der Waals surface area contributed by atoms with Crippen LogP contribution in [0.1, 0.15) is 33.4 Å². The Kier molecular flexibility index (Phi) is 8.03. The Morgan fingerprint density at radius 3 is 2.12 bits per heavy atom. The van der Waals surface area contributed by atoms with Gasteiger partial charge in [-0.2, -0.15) is 5.10 Å². The quantitative estimate of drug-likeness (QED) is 0.621. The fourth-order valence-corrected chi connectivity index (χ4v) is 3.70. The van der Waals surface area contributed by atoms with Crippen molar-refractivity contribution in [3.05, 3.63) is 89.2 Å². The van der Waals surface area contributed by atoms with E-state index in [1.54, 1.807) is 15.6 Å². The third kappa shape index (κ3) is 5.55. The van der Waals surface area contributed by atoms with Crippen LogP contribution in [0, 0.1) is 6.92 Å². The van der Waals surface area contributed by atoms with Gasteiger partial charge in [-0.1, -0.05) is 60.7 Å². The second-order valence-corrected chi connectivity index (χ2v) is 7.56. The van der Waals surface area contributed by atoms with Crippen molar-refractivity contribution in [2.45, 2.75) is 19.5 Å². The molecule has 2 amide bonds. The van der Waals surface area contributed by atoms with Crippen molar-refractivity contribution in [3.63, 3.8) is 0 Å². The molecule has 0 radical (unpaired) electrons. The summed E-state index contributed by atoms with van der Waals surface area (Å²) >= 11 is 0. The molecule has 1 fully saturated rings. The number of halogens is 1. The van der Waals surface area contributed by atoms with Crippen LogP contribution in [-0.2, 0) is 16.1 Å². The monoisotopic (exact) mass is 454 g/mol. The van der Waals surface area contributed by atoms with Gasteiger partial charge in [0.1, 0.15) is 6.54 Å². The summed E-state index contributed by atoms with van der Waals surface area (Å²) in [7, 11) is 0. The summed E-state index contributed by atoms with van der Waals surface area (Å²) in [5, 5.41) is 7.52. The number of nitrogens with zero attached hydrogens (tertiary/aromatic N) is 3. The number of hydrogen-bond acceptors (Lipinski definition) is 4. The molecule has 0 spiro atoms. The van der Waals surface area contributed by atoms with E-state index >= 15 is 0 Å². The van der Waals surface area contributed by atoms with Gasteiger partial charge in [-0.25, -0.2) is 0 Å². The summed E-state index contributed by atoms with van der Waals surface area (Å²) in [6, 6.07) is 21.2. The molecule has 0 aliphatic carbocycles. The second kappa shape index (κ2) is 10.9. The molecule has 8 heteroatoms. The number of carbonyl (C=O) groups is 2. The Balaban J connectivity index is 0.00000289. The lowest BCUT2D eigenvalue weighted by Crippen LogP contribution is -2.41. The maximum absolute atomic E-state index is 12.9. The molecule has 0 atom stereocenters. The number of hydrogen-bond donors (Lipinski definition) is 1. The highest BCUT2D eigenvalue weighted by Gasteiger charge is 2.23. The predicted octanol–water partition coefficient (Wildman–Crippen LogP) is 2.99. The number of aryl methyl sites for hydroxylation is 1. The van der Waals surface area contributed by atoms with Crippen LogP contribution in [0.3, 0.4) is 0 Å². The first-order valence-corrected chi connectivity index (χ1v) is 10.4. The van der Waals surface area contributed by atoms with Gasteiger partial charge >= 0.3 is 0 Å². The zero-order chi connectivity index (χ0) is 21.6. The van der Waals surface area contributed by atoms with Gasteiger partial charge in [0.15, 0.2) is 5.69 Å². The molecular formula is C24H27ClN4O3. The average molecular weight is 455 g/mol. The number of benzene rings is 2. The van der Waals surface area contributed by atoms with E-state index in [1.165, 1.54) is 0 Å². The highest BCUT2D eigenvalue weighted by molar-refractivity contribution is 5.92. The Morgan fingerprint density at radius 2 is 1.56 bits per heavy atom. The number of aromatic nitrogens is 2. The van der Waals surface area contributed by atoms with Crippen molar-refractivity contribution in [2.75, 3.05) is 26.3 Å². The van der Waals surface area contributed by atoms with Crippen molar-refractivity contribution >= 4 is 24.2 Å². The van der Waals surface area contributed by atoms with Crippen molar-refractivity contribution < 1.29 is 14.3 Å². The topological polar surface area (TPSA) is 76.5 Å². The average Bonchev–Trinajstić information content (AvgIpc) is 3.18. The lowest BCUT2D eigenvalue weighted by Gasteiger charge is -2.25. The molecule has 1 N–H and O–H groups in total. The largest absolute Gasteiger partial charge is 0.378 e. The summed E-state index contributed by atoms with van der Waals surface area (Å²) in [6.07, 6.45) is 0. The number of nitrogens with one attached hydrogen (secondary N) is 1. The van der Waals surface area contributed by atoms with Crippen molar-refractivity contribution in [2.24, 2.45) is 0 Å². The summed E-state index contributed by atoms with van der Waals surface area (Å²) in [6.45, 7) is 4.07. The van der Waals surface area contributed by atoms with E-state index < -0.39 is 0 Å². The van der Waals surface area contributed by atoms with Crippen LogP contribution in [0.4, 0.5) is 0 Å². The fourth-order valence-electron chi connectivity index (χ4n) is 3.70. The molecule has 168 valence electrons. The minimum absolute atomic E-state index is 0. The fraction of sp³-hybridized carbons (Fsp3) is 0.292. The summed E-state index contributed by atoms with van der Waals surface area (Å²) < 4.78 is 6.88. The van der Waals surface area contributed by atoms with Gasteiger partial charge in [-0.05, 0) is 24.1 Å². The molecule has 1 saturated heterocycles. The SMILES string of the molecule is Cc1cc(C(=O)N2CCOCC2)nn1CC(=O)NC(c1ccccc1)c1ccccc1.Cl. The first kappa shape index (κ1) is 23.5. The maximum Gasteiger partial charge on any atom is 0.274 e. The van der Waals surface area contributed by atoms with E-state index in [0.717, 1.165) is 16.8 Å². The number of rotatable bonds is 6. The molecule has 32 heavy (non-hydrogen) atoms. The van der Waals surface area contributed by atoms with Gasteiger partial charge in [0.05, 0.1) is 19.3 Å². The molecule has 0 bridgehead atoms. The molecule has 0 saturated carbocycles. The lowest BCUT2D eigenvalue weighted by molar-refractivity contribution is -0.122. The van der Waals surface area contributed by atoms with Gasteiger partial charge in [0, 0.05) is 18.8 Å². The van der Waals surface area contributed by atoms with Crippen LogP contribution in [-0.4, -0.2) is 52.8 Å². The first-order valence-electron chi connectivity index (χ1n) is 10.4. The molecule has 1 aliphatic heterocycles. The van der Waals surface area contributed by atoms with Gasteiger partial charge in [0.2, 0.25) is 5.91 Å². The van der Waals surface area contributed by atoms with Gasteiger partial charge in [-0.15, -0.1) is 12.4 Å². The zero-order valence-corrected chi connectivity index (χ0v) is 18.8. The minimum Gasteiger partial charge on any atom is -0.378 e. The van der Waals surface area contributed by atoms with Crippen molar-refractivity contribution in [3.8, 4) is 0 Å². The highest BCUT2D eigenvalue weighted by atomic mass is 35.5. The van der Waals surface area contributed by atoms with Gasteiger partial charge < -0.3 is 15.0 Å². The Bertz CT molecular complexity index is 994. The second-order valence-electron chi connectivity index (χ2n) is 7.56. The molecular weight excluding hydrogens is 428 g/mol. The van der Waals surface area contributed by atoms with E-state index in [9.17, 15) is 9.59 Å². The molecule has 2 heterocycles. The molecule has 0 unspecified atom stereocenters. The van der Waals surface area contributed by atoms with Gasteiger partial charge in [0.25, 0.3) is 5.91 Å². The summed E-state index contributed by atoms with van der Waals surface area (Å²) in [4.78, 5) is 27.3. The molecule has 1 aromatic heterocycles. The smallest absolute Gasteiger partial charge is 0.274 e. The minimum atomic E-state index is -0.264. The first-order chi connectivity index (χ1) is 15.1. The normalized spacial score (nSPS) is 13.5. The number of morpholine rings is 1. The highest BCUT2D eigenvalue weighted by Crippen LogP contribution is 2.21. The number of amides is 2. The Hall–Kier alpha value is -3.16. The Morgan fingerprint density at radius 1 is 1.00 bits per heavy atom. The molecule has 2 aromatic carbocycles. The van der Waals surface area contributed by atoms with Crippen LogP contribution in [0.2, 0.25) is 0 Å². The van der Waals surface area contributed by atoms with Crippen LogP contribution in [0.5, 0.6) is 0 Å². The van der Waals surface area contributed by atoms with Crippen molar-refractivity contribution in [1.29, 1.82) is 0 Å². The number of carbonyl (C=O) groups excluding carboxylic acids is 2. The van der Waals surface area contributed by atoms with Crippen LogP contribution in [0.25, 0.3) is 0 Å². The zero-order valence-electron chi connectivity index (χ0n) is 17.9. The maximum atomic E-state index is 12.9. The molecule has 7 nitrogen and oxygen atoms in total. The van der Waals surface area contributed by atoms with E-state index in [-0.39, 0.29) is 36.8 Å². The lowest BCUT2D eigenvalue weighted by atomic mass is 9.99. The molecule has 4 rings (SSSR count). The number of ether oxygens (including phenoxy) is 1. The van der Waals surface area contributed by atoms with E-state index in [0.29, 0.717) is 32.0 Å². The van der Waals surface area contributed by atoms with Gasteiger partial charge in [-0.3, -0.25) is 14.3 Å². The summed E-state index contributed by atoms with van der Waals surface area (Å²) in [5.74, 6) is -0.300. The van der Waals surface area contributed by atoms with Crippen molar-refractivity contribution in [1.82, 2.24) is 20.0 Å². The van der Waals surface area contributed by atoms with Crippen LogP contribution < -0.4 is 5.32 Å². The third-order valence-corrected chi connectivity index (χ3v) is 5.36. The molecule has 3 aromatic rings. The predicted molar refractivity (Wildman–Crippen MR) is 124 cm³/mol. The van der Waals surface area contributed by atoms with E-state index in [4.69, 9.17) is 4.74 Å². The Labute approximate surface area is 193 Å². The van der Waals surface area contributed by atoms with Crippen LogP contribution in [0.15, 0.2) is 66.7 Å². The molecule has 1 aliphatic rings. The van der Waals surface area contributed by atoms with E-state index in [1.807, 2.05) is 67.6 Å². The third-order valence-electron chi connectivity index (χ3n) is 5.36. The standard InChI is InChI=1S/C24H26N4O3.ClH/c1-18-16-21(24(30)27-12-14-31-15-13-27)26-28(18)17-22(29)25-23(19-8-4-2-5-9-19)20-10-6-3-7-11-20;/h2-11,16,23H,12-15,17H2,1H3,(H,25,29);1H. The van der Waals surface area contributed by atoms with Crippen LogP contribution >= 0.6 is 12.4 Å². The van der Waals surface area contributed by atoms with E-state index in [2.05, 4.69) is 10.4 Å².